The SMILES string of the molecule is COC(C)CNC(=O)CCC(C)O. The monoisotopic (exact) mass is 189 g/mol. The second kappa shape index (κ2) is 6.86. The molecular weight excluding hydrogens is 170 g/mol. The van der Waals surface area contributed by atoms with Gasteiger partial charge in [0.15, 0.2) is 0 Å². The van der Waals surface area contributed by atoms with Gasteiger partial charge in [0.2, 0.25) is 5.91 Å². The Morgan fingerprint density at radius 2 is 2.15 bits per heavy atom. The third-order valence-electron chi connectivity index (χ3n) is 1.78. The molecule has 0 aliphatic carbocycles. The van der Waals surface area contributed by atoms with Crippen molar-refractivity contribution in [3.63, 3.8) is 0 Å². The maximum atomic E-state index is 11.1. The molecular formula is C9H19NO3. The molecule has 0 radical (unpaired) electrons. The summed E-state index contributed by atoms with van der Waals surface area (Å²) in [5.74, 6) is -0.0372. The molecule has 1 amide bonds. The number of amides is 1. The van der Waals surface area contributed by atoms with E-state index in [9.17, 15) is 4.79 Å². The Morgan fingerprint density at radius 1 is 1.54 bits per heavy atom. The lowest BCUT2D eigenvalue weighted by atomic mass is 10.2. The van der Waals surface area contributed by atoms with Crippen LogP contribution in [0.4, 0.5) is 0 Å². The van der Waals surface area contributed by atoms with Gasteiger partial charge in [-0.2, -0.15) is 0 Å². The van der Waals surface area contributed by atoms with Crippen molar-refractivity contribution in [1.29, 1.82) is 0 Å². The predicted octanol–water partition coefficient (Wildman–Crippen LogP) is 0.299. The zero-order chi connectivity index (χ0) is 10.3. The van der Waals surface area contributed by atoms with E-state index in [1.807, 2.05) is 6.92 Å². The zero-order valence-electron chi connectivity index (χ0n) is 8.54. The van der Waals surface area contributed by atoms with Gasteiger partial charge in [-0.3, -0.25) is 4.79 Å². The van der Waals surface area contributed by atoms with Gasteiger partial charge in [-0.1, -0.05) is 0 Å². The second-order valence-corrected chi connectivity index (χ2v) is 3.24. The number of nitrogens with one attached hydrogen (secondary N) is 1. The second-order valence-electron chi connectivity index (χ2n) is 3.24. The number of aliphatic hydroxyl groups is 1. The minimum absolute atomic E-state index is 0.0372. The molecule has 0 aromatic carbocycles. The smallest absolute Gasteiger partial charge is 0.220 e. The van der Waals surface area contributed by atoms with Gasteiger partial charge < -0.3 is 15.2 Å². The van der Waals surface area contributed by atoms with E-state index < -0.39 is 6.10 Å². The fraction of sp³-hybridized carbons (Fsp3) is 0.889. The van der Waals surface area contributed by atoms with Gasteiger partial charge in [-0.05, 0) is 20.3 Å². The van der Waals surface area contributed by atoms with Crippen LogP contribution in [-0.2, 0) is 9.53 Å². The molecule has 0 heterocycles. The van der Waals surface area contributed by atoms with Crippen LogP contribution in [0.15, 0.2) is 0 Å². The van der Waals surface area contributed by atoms with Gasteiger partial charge >= 0.3 is 0 Å². The summed E-state index contributed by atoms with van der Waals surface area (Å²) < 4.78 is 4.96. The Balaban J connectivity index is 3.40. The minimum Gasteiger partial charge on any atom is -0.393 e. The molecule has 0 aliphatic heterocycles. The first kappa shape index (κ1) is 12.4. The highest BCUT2D eigenvalue weighted by atomic mass is 16.5. The Kier molecular flexibility index (Phi) is 6.54. The van der Waals surface area contributed by atoms with E-state index in [2.05, 4.69) is 5.32 Å². The van der Waals surface area contributed by atoms with E-state index in [0.717, 1.165) is 0 Å². The van der Waals surface area contributed by atoms with Crippen molar-refractivity contribution in [1.82, 2.24) is 5.32 Å². The Morgan fingerprint density at radius 3 is 2.62 bits per heavy atom. The molecule has 4 heteroatoms. The molecule has 0 spiro atoms. The van der Waals surface area contributed by atoms with Crippen LogP contribution in [0.25, 0.3) is 0 Å². The van der Waals surface area contributed by atoms with Crippen LogP contribution in [0, 0.1) is 0 Å². The van der Waals surface area contributed by atoms with E-state index >= 15 is 0 Å². The number of ether oxygens (including phenoxy) is 1. The molecule has 2 unspecified atom stereocenters. The van der Waals surface area contributed by atoms with Gasteiger partial charge in [0, 0.05) is 20.1 Å². The predicted molar refractivity (Wildman–Crippen MR) is 50.4 cm³/mol. The van der Waals surface area contributed by atoms with Crippen molar-refractivity contribution in [2.45, 2.75) is 38.9 Å². The van der Waals surface area contributed by atoms with Crippen LogP contribution in [0.3, 0.4) is 0 Å². The molecule has 0 aromatic rings. The highest BCUT2D eigenvalue weighted by molar-refractivity contribution is 5.75. The number of carbonyl (C=O) groups excluding carboxylic acids is 1. The molecule has 0 rings (SSSR count). The minimum atomic E-state index is -0.411. The third kappa shape index (κ3) is 7.74. The number of carbonyl (C=O) groups is 1. The normalized spacial score (nSPS) is 15.1. The molecule has 0 aromatic heterocycles. The molecule has 2 N–H and O–H groups in total. The maximum Gasteiger partial charge on any atom is 0.220 e. The summed E-state index contributed by atoms with van der Waals surface area (Å²) in [7, 11) is 1.60. The van der Waals surface area contributed by atoms with Crippen molar-refractivity contribution in [2.75, 3.05) is 13.7 Å². The summed E-state index contributed by atoms with van der Waals surface area (Å²) in [5.41, 5.74) is 0. The molecule has 2 atom stereocenters. The van der Waals surface area contributed by atoms with E-state index in [1.165, 1.54) is 0 Å². The van der Waals surface area contributed by atoms with Crippen LogP contribution >= 0.6 is 0 Å². The number of methoxy groups -OCH3 is 1. The van der Waals surface area contributed by atoms with E-state index in [0.29, 0.717) is 19.4 Å². The van der Waals surface area contributed by atoms with Gasteiger partial charge in [0.1, 0.15) is 0 Å². The summed E-state index contributed by atoms with van der Waals surface area (Å²) >= 11 is 0. The lowest BCUT2D eigenvalue weighted by Crippen LogP contribution is -2.31. The number of aliphatic hydroxyl groups excluding tert-OH is 1. The molecule has 0 saturated carbocycles. The molecule has 0 saturated heterocycles. The first-order chi connectivity index (χ1) is 6.06. The summed E-state index contributed by atoms with van der Waals surface area (Å²) in [4.78, 5) is 11.1. The van der Waals surface area contributed by atoms with E-state index in [4.69, 9.17) is 9.84 Å². The van der Waals surface area contributed by atoms with Crippen molar-refractivity contribution in [3.8, 4) is 0 Å². The van der Waals surface area contributed by atoms with Crippen LogP contribution in [0.2, 0.25) is 0 Å². The fourth-order valence-corrected chi connectivity index (χ4v) is 0.769. The quantitative estimate of drug-likeness (QED) is 0.631. The molecule has 0 fully saturated rings. The van der Waals surface area contributed by atoms with E-state index in [-0.39, 0.29) is 12.0 Å². The number of hydrogen-bond acceptors (Lipinski definition) is 3. The maximum absolute atomic E-state index is 11.1. The van der Waals surface area contributed by atoms with Gasteiger partial charge in [-0.25, -0.2) is 0 Å². The molecule has 4 nitrogen and oxygen atoms in total. The first-order valence-electron chi connectivity index (χ1n) is 4.53. The number of hydrogen-bond donors (Lipinski definition) is 2. The molecule has 78 valence electrons. The van der Waals surface area contributed by atoms with Crippen molar-refractivity contribution >= 4 is 5.91 Å². The summed E-state index contributed by atoms with van der Waals surface area (Å²) in [6, 6.07) is 0. The lowest BCUT2D eigenvalue weighted by molar-refractivity contribution is -0.122. The fourth-order valence-electron chi connectivity index (χ4n) is 0.769. The Hall–Kier alpha value is -0.610. The van der Waals surface area contributed by atoms with Gasteiger partial charge in [-0.15, -0.1) is 0 Å². The standard InChI is InChI=1S/C9H19NO3/c1-7(11)4-5-9(12)10-6-8(2)13-3/h7-8,11H,4-6H2,1-3H3,(H,10,12). The van der Waals surface area contributed by atoms with Crippen LogP contribution in [-0.4, -0.2) is 36.9 Å². The van der Waals surface area contributed by atoms with Gasteiger partial charge in [0.25, 0.3) is 0 Å². The first-order valence-corrected chi connectivity index (χ1v) is 4.53. The summed E-state index contributed by atoms with van der Waals surface area (Å²) in [5, 5.41) is 11.6. The lowest BCUT2D eigenvalue weighted by Gasteiger charge is -2.10. The molecule has 0 bridgehead atoms. The number of rotatable bonds is 6. The zero-order valence-corrected chi connectivity index (χ0v) is 8.54. The summed E-state index contributed by atoms with van der Waals surface area (Å²) in [6.07, 6.45) is 0.502. The van der Waals surface area contributed by atoms with Crippen molar-refractivity contribution in [2.24, 2.45) is 0 Å². The third-order valence-corrected chi connectivity index (χ3v) is 1.78. The highest BCUT2D eigenvalue weighted by Crippen LogP contribution is 1.95. The van der Waals surface area contributed by atoms with Crippen LogP contribution < -0.4 is 5.32 Å². The van der Waals surface area contributed by atoms with Crippen molar-refractivity contribution < 1.29 is 14.6 Å². The largest absolute Gasteiger partial charge is 0.393 e. The average Bonchev–Trinajstić information content (AvgIpc) is 2.10. The van der Waals surface area contributed by atoms with Crippen LogP contribution in [0.1, 0.15) is 26.7 Å². The topological polar surface area (TPSA) is 58.6 Å². The molecule has 13 heavy (non-hydrogen) atoms. The Bertz CT molecular complexity index is 148. The highest BCUT2D eigenvalue weighted by Gasteiger charge is 2.05. The average molecular weight is 189 g/mol. The van der Waals surface area contributed by atoms with Crippen molar-refractivity contribution in [3.05, 3.63) is 0 Å². The molecule has 0 aliphatic rings. The van der Waals surface area contributed by atoms with Crippen LogP contribution in [0.5, 0.6) is 0 Å². The summed E-state index contributed by atoms with van der Waals surface area (Å²) in [6.45, 7) is 4.08. The van der Waals surface area contributed by atoms with Gasteiger partial charge in [0.05, 0.1) is 12.2 Å². The Labute approximate surface area is 79.3 Å². The van der Waals surface area contributed by atoms with E-state index in [1.54, 1.807) is 14.0 Å².